The third-order valence-corrected chi connectivity index (χ3v) is 4.76. The average Bonchev–Trinajstić information content (AvgIpc) is 2.42. The molecule has 0 heterocycles. The highest BCUT2D eigenvalue weighted by atomic mass is 35.5. The molecule has 1 rings (SSSR count). The van der Waals surface area contributed by atoms with Gasteiger partial charge in [-0.05, 0) is 44.5 Å². The summed E-state index contributed by atoms with van der Waals surface area (Å²) in [4.78, 5) is 11.6. The standard InChI is InChI=1S/C15H19ClF3NO4S/c1-14(2,3)25(22)20-12(8-13(21)23-4)9-5-10(16)7-11(6-9)24-15(17,18)19/h5-7,12,20H,8H2,1-4H3/t12-,25+/m0/s1. The maximum absolute atomic E-state index is 12.4. The molecule has 1 aromatic rings. The zero-order valence-electron chi connectivity index (χ0n) is 14.1. The van der Waals surface area contributed by atoms with Gasteiger partial charge in [-0.15, -0.1) is 17.9 Å². The Labute approximate surface area is 152 Å². The van der Waals surface area contributed by atoms with E-state index in [0.717, 1.165) is 12.1 Å². The Morgan fingerprint density at radius 1 is 1.32 bits per heavy atom. The average molecular weight is 402 g/mol. The van der Waals surface area contributed by atoms with E-state index in [1.54, 1.807) is 20.8 Å². The number of methoxy groups -OCH3 is 1. The van der Waals surface area contributed by atoms with Crippen LogP contribution in [0, 0.1) is 0 Å². The second kappa shape index (κ2) is 8.48. The predicted octanol–water partition coefficient (Wildman–Crippen LogP) is 3.89. The van der Waals surface area contributed by atoms with E-state index in [0.29, 0.717) is 0 Å². The fourth-order valence-electron chi connectivity index (χ4n) is 1.76. The van der Waals surface area contributed by atoms with Gasteiger partial charge in [0, 0.05) is 16.4 Å². The maximum atomic E-state index is 12.4. The summed E-state index contributed by atoms with van der Waals surface area (Å²) in [6.07, 6.45) is -5.13. The molecule has 0 aliphatic carbocycles. The van der Waals surface area contributed by atoms with Crippen LogP contribution in [-0.2, 0) is 20.9 Å². The van der Waals surface area contributed by atoms with Crippen molar-refractivity contribution in [3.63, 3.8) is 0 Å². The summed E-state index contributed by atoms with van der Waals surface area (Å²) in [5.74, 6) is -1.16. The summed E-state index contributed by atoms with van der Waals surface area (Å²) in [6.45, 7) is 5.13. The van der Waals surface area contributed by atoms with Gasteiger partial charge in [0.25, 0.3) is 0 Å². The molecule has 0 radical (unpaired) electrons. The maximum Gasteiger partial charge on any atom is 0.573 e. The van der Waals surface area contributed by atoms with E-state index in [9.17, 15) is 22.5 Å². The van der Waals surface area contributed by atoms with Crippen molar-refractivity contribution in [3.8, 4) is 5.75 Å². The molecule has 1 N–H and O–H groups in total. The first kappa shape index (κ1) is 21.9. The molecule has 142 valence electrons. The molecule has 10 heteroatoms. The molecule has 0 aliphatic heterocycles. The summed E-state index contributed by atoms with van der Waals surface area (Å²) >= 11 is 4.27. The van der Waals surface area contributed by atoms with Crippen molar-refractivity contribution in [2.45, 2.75) is 44.3 Å². The molecule has 25 heavy (non-hydrogen) atoms. The molecule has 0 amide bonds. The molecule has 0 aliphatic rings. The Kier molecular flexibility index (Phi) is 7.42. The number of carbonyl (C=O) groups excluding carboxylic acids is 1. The number of hydrogen-bond acceptors (Lipinski definition) is 5. The van der Waals surface area contributed by atoms with Crippen LogP contribution in [0.3, 0.4) is 0 Å². The molecular weight excluding hydrogens is 383 g/mol. The summed E-state index contributed by atoms with van der Waals surface area (Å²) in [7, 11) is 1.18. The molecule has 0 aromatic heterocycles. The third-order valence-electron chi connectivity index (χ3n) is 2.93. The number of esters is 1. The smallest absolute Gasteiger partial charge is 0.573 e. The Morgan fingerprint density at radius 3 is 2.40 bits per heavy atom. The molecule has 0 bridgehead atoms. The monoisotopic (exact) mass is 401 g/mol. The van der Waals surface area contributed by atoms with Crippen LogP contribution in [-0.4, -0.2) is 28.7 Å². The second-order valence-electron chi connectivity index (χ2n) is 6.10. The first-order valence-corrected chi connectivity index (χ1v) is 8.65. The van der Waals surface area contributed by atoms with Crippen molar-refractivity contribution in [2.24, 2.45) is 0 Å². The van der Waals surface area contributed by atoms with Gasteiger partial charge in [0.05, 0.1) is 19.6 Å². The minimum atomic E-state index is -4.89. The lowest BCUT2D eigenvalue weighted by molar-refractivity contribution is -0.274. The Morgan fingerprint density at radius 2 is 1.92 bits per heavy atom. The zero-order chi connectivity index (χ0) is 19.4. The van der Waals surface area contributed by atoms with E-state index in [-0.39, 0.29) is 17.0 Å². The largest absolute Gasteiger partial charge is 0.598 e. The zero-order valence-corrected chi connectivity index (χ0v) is 15.6. The summed E-state index contributed by atoms with van der Waals surface area (Å²) in [6, 6.07) is 2.57. The highest BCUT2D eigenvalue weighted by molar-refractivity contribution is 7.90. The van der Waals surface area contributed by atoms with E-state index in [1.165, 1.54) is 13.2 Å². The van der Waals surface area contributed by atoms with Gasteiger partial charge in [-0.25, -0.2) is 0 Å². The minimum absolute atomic E-state index is 0.0186. The van der Waals surface area contributed by atoms with E-state index < -0.39 is 40.2 Å². The van der Waals surface area contributed by atoms with Crippen LogP contribution in [0.4, 0.5) is 13.2 Å². The van der Waals surface area contributed by atoms with Gasteiger partial charge in [-0.3, -0.25) is 4.79 Å². The van der Waals surface area contributed by atoms with Gasteiger partial charge in [-0.1, -0.05) is 11.6 Å². The summed E-state index contributed by atoms with van der Waals surface area (Å²) < 4.78 is 60.2. The Bertz CT molecular complexity index is 607. The topological polar surface area (TPSA) is 70.6 Å². The SMILES string of the molecule is COC(=O)C[C@H](N[S@+]([O-])C(C)(C)C)c1cc(Cl)cc(OC(F)(F)F)c1. The summed E-state index contributed by atoms with van der Waals surface area (Å²) in [5.41, 5.74) is 0.217. The number of carbonyl (C=O) groups is 1. The predicted molar refractivity (Wildman–Crippen MR) is 88.5 cm³/mol. The lowest BCUT2D eigenvalue weighted by Crippen LogP contribution is -2.41. The Balaban J connectivity index is 3.18. The quantitative estimate of drug-likeness (QED) is 0.578. The summed E-state index contributed by atoms with van der Waals surface area (Å²) in [5, 5.41) is -0.0186. The van der Waals surface area contributed by atoms with E-state index >= 15 is 0 Å². The van der Waals surface area contributed by atoms with E-state index in [4.69, 9.17) is 11.6 Å². The van der Waals surface area contributed by atoms with Gasteiger partial charge >= 0.3 is 12.3 Å². The second-order valence-corrected chi connectivity index (χ2v) is 8.53. The normalized spacial score (nSPS) is 14.8. The number of alkyl halides is 3. The number of benzene rings is 1. The van der Waals surface area contributed by atoms with Crippen molar-refractivity contribution < 1.29 is 32.0 Å². The van der Waals surface area contributed by atoms with Gasteiger partial charge in [0.2, 0.25) is 0 Å². The number of rotatable bonds is 6. The van der Waals surface area contributed by atoms with E-state index in [1.807, 2.05) is 0 Å². The van der Waals surface area contributed by atoms with Crippen molar-refractivity contribution in [1.29, 1.82) is 0 Å². The lowest BCUT2D eigenvalue weighted by atomic mass is 10.0. The number of nitrogens with one attached hydrogen (secondary N) is 1. The first-order chi connectivity index (χ1) is 11.3. The van der Waals surface area contributed by atoms with Crippen LogP contribution >= 0.6 is 11.6 Å². The van der Waals surface area contributed by atoms with Crippen LogP contribution < -0.4 is 9.46 Å². The van der Waals surface area contributed by atoms with Crippen molar-refractivity contribution >= 4 is 28.9 Å². The molecule has 0 unspecified atom stereocenters. The molecular formula is C15H19ClF3NO4S. The molecule has 0 spiro atoms. The van der Waals surface area contributed by atoms with Gasteiger partial charge < -0.3 is 14.0 Å². The van der Waals surface area contributed by atoms with Crippen molar-refractivity contribution in [3.05, 3.63) is 28.8 Å². The number of hydrogen-bond donors (Lipinski definition) is 1. The first-order valence-electron chi connectivity index (χ1n) is 7.13. The fraction of sp³-hybridized carbons (Fsp3) is 0.533. The van der Waals surface area contributed by atoms with Crippen LogP contribution in [0.2, 0.25) is 5.02 Å². The molecule has 5 nitrogen and oxygen atoms in total. The van der Waals surface area contributed by atoms with E-state index in [2.05, 4.69) is 14.2 Å². The molecule has 0 saturated carbocycles. The van der Waals surface area contributed by atoms with Crippen molar-refractivity contribution in [2.75, 3.05) is 7.11 Å². The highest BCUT2D eigenvalue weighted by Crippen LogP contribution is 2.31. The number of halogens is 4. The molecule has 0 fully saturated rings. The van der Waals surface area contributed by atoms with Crippen LogP contribution in [0.15, 0.2) is 18.2 Å². The van der Waals surface area contributed by atoms with Gasteiger partial charge in [-0.2, -0.15) is 0 Å². The lowest BCUT2D eigenvalue weighted by Gasteiger charge is -2.28. The molecule has 2 atom stereocenters. The Hall–Kier alpha value is -1.16. The molecule has 1 aromatic carbocycles. The minimum Gasteiger partial charge on any atom is -0.598 e. The van der Waals surface area contributed by atoms with Gasteiger partial charge in [0.15, 0.2) is 0 Å². The van der Waals surface area contributed by atoms with Crippen LogP contribution in [0.5, 0.6) is 5.75 Å². The van der Waals surface area contributed by atoms with Crippen LogP contribution in [0.25, 0.3) is 0 Å². The number of ether oxygens (including phenoxy) is 2. The highest BCUT2D eigenvalue weighted by Gasteiger charge is 2.33. The van der Waals surface area contributed by atoms with Gasteiger partial charge in [0.1, 0.15) is 10.5 Å². The molecule has 0 saturated heterocycles. The third kappa shape index (κ3) is 7.72. The van der Waals surface area contributed by atoms with Crippen LogP contribution in [0.1, 0.15) is 38.8 Å². The fourth-order valence-corrected chi connectivity index (χ4v) is 2.83. The van der Waals surface area contributed by atoms with Crippen molar-refractivity contribution in [1.82, 2.24) is 4.72 Å².